The molecule has 58 heavy (non-hydrogen) atoms. The van der Waals surface area contributed by atoms with Crippen LogP contribution in [0.2, 0.25) is 0 Å². The highest BCUT2D eigenvalue weighted by atomic mass is 16.5. The second-order valence-electron chi connectivity index (χ2n) is 15.4. The van der Waals surface area contributed by atoms with Crippen LogP contribution in [-0.2, 0) is 4.74 Å². The maximum atomic E-state index is 6.17. The van der Waals surface area contributed by atoms with Crippen LogP contribution in [-0.4, -0.2) is 22.1 Å². The van der Waals surface area contributed by atoms with Crippen molar-refractivity contribution in [2.24, 2.45) is 11.8 Å². The zero-order valence-corrected chi connectivity index (χ0v) is 32.6. The van der Waals surface area contributed by atoms with Gasteiger partial charge < -0.3 is 4.74 Å². The summed E-state index contributed by atoms with van der Waals surface area (Å²) in [5, 5.41) is 2.43. The Morgan fingerprint density at radius 1 is 0.552 bits per heavy atom. The summed E-state index contributed by atoms with van der Waals surface area (Å²) in [5.74, 6) is 3.98. The molecule has 2 unspecified atom stereocenters. The summed E-state index contributed by atoms with van der Waals surface area (Å²) in [6.07, 6.45) is 18.7. The third kappa shape index (κ3) is 7.03. The molecule has 0 amide bonds. The molecule has 0 spiro atoms. The minimum atomic E-state index is 0.312. The largest absolute Gasteiger partial charge is 0.500 e. The average molecular weight is 750 g/mol. The minimum absolute atomic E-state index is 0.312. The molecule has 0 fully saturated rings. The van der Waals surface area contributed by atoms with E-state index in [1.807, 2.05) is 67.8 Å². The van der Waals surface area contributed by atoms with Crippen LogP contribution in [0.15, 0.2) is 199 Å². The first-order valence-electron chi connectivity index (χ1n) is 20.3. The number of hydrogen-bond donors (Lipinski definition) is 0. The van der Waals surface area contributed by atoms with E-state index in [0.29, 0.717) is 29.3 Å². The van der Waals surface area contributed by atoms with Gasteiger partial charge in [0.15, 0.2) is 17.5 Å². The average Bonchev–Trinajstić information content (AvgIpc) is 3.31. The molecule has 280 valence electrons. The fourth-order valence-electron chi connectivity index (χ4n) is 8.71. The molecule has 1 aromatic heterocycles. The molecule has 1 heterocycles. The number of fused-ring (bicyclic) bond motifs is 2. The third-order valence-electron chi connectivity index (χ3n) is 11.8. The molecule has 0 saturated carbocycles. The Hall–Kier alpha value is -6.91. The van der Waals surface area contributed by atoms with Crippen molar-refractivity contribution in [3.8, 4) is 56.4 Å². The fourth-order valence-corrected chi connectivity index (χ4v) is 8.71. The maximum Gasteiger partial charge on any atom is 0.164 e. The number of methoxy groups -OCH3 is 1. The van der Waals surface area contributed by atoms with Gasteiger partial charge in [-0.2, -0.15) is 0 Å². The maximum absolute atomic E-state index is 6.17. The van der Waals surface area contributed by atoms with E-state index in [4.69, 9.17) is 19.7 Å². The SMILES string of the molecule is COC1=C(c2cc(-c3cccc(-c4ccc(-c5nc(-c6ccccc6)nc(-c6ccccc6)n5)cc4)c3)c3ccccc3c2)C=CC(C2=CCC3CCC=CC3=C2)C1. The molecule has 6 aromatic carbocycles. The molecular weight excluding hydrogens is 707 g/mol. The number of rotatable bonds is 8. The van der Waals surface area contributed by atoms with Crippen molar-refractivity contribution in [2.75, 3.05) is 7.11 Å². The first kappa shape index (κ1) is 35.5. The lowest BCUT2D eigenvalue weighted by atomic mass is 9.77. The van der Waals surface area contributed by atoms with Gasteiger partial charge >= 0.3 is 0 Å². The number of allylic oxidation sites excluding steroid dienone is 10. The lowest BCUT2D eigenvalue weighted by molar-refractivity contribution is 0.272. The highest BCUT2D eigenvalue weighted by Gasteiger charge is 2.25. The highest BCUT2D eigenvalue weighted by Crippen LogP contribution is 2.42. The summed E-state index contributed by atoms with van der Waals surface area (Å²) >= 11 is 0. The first-order valence-corrected chi connectivity index (χ1v) is 20.3. The smallest absolute Gasteiger partial charge is 0.164 e. The summed E-state index contributed by atoms with van der Waals surface area (Å²) in [4.78, 5) is 14.7. The van der Waals surface area contributed by atoms with Crippen LogP contribution in [0.3, 0.4) is 0 Å². The standard InChI is InChI=1S/C54H43N3O/c1-58-51-35-44(43-28-25-36-13-8-9-18-41(36)31-43)29-30-49(51)47-33-45-19-10-11-22-48(45)50(34-47)46-21-12-20-42(32-46)37-23-26-40(27-24-37)54-56-52(38-14-4-2-5-15-38)55-53(57-54)39-16-6-3-7-17-39/h2-7,9-12,14-24,26-34,36,44H,8,13,25,35H2,1H3. The van der Waals surface area contributed by atoms with Crippen LogP contribution in [0.5, 0.6) is 0 Å². The third-order valence-corrected chi connectivity index (χ3v) is 11.8. The van der Waals surface area contributed by atoms with Gasteiger partial charge in [0.05, 0.1) is 7.11 Å². The van der Waals surface area contributed by atoms with Gasteiger partial charge in [0.25, 0.3) is 0 Å². The Bertz CT molecular complexity index is 2750. The highest BCUT2D eigenvalue weighted by molar-refractivity contribution is 6.00. The van der Waals surface area contributed by atoms with Crippen molar-refractivity contribution < 1.29 is 4.74 Å². The summed E-state index contributed by atoms with van der Waals surface area (Å²) in [5.41, 5.74) is 12.7. The van der Waals surface area contributed by atoms with Crippen molar-refractivity contribution >= 4 is 16.3 Å². The van der Waals surface area contributed by atoms with Crippen molar-refractivity contribution in [3.63, 3.8) is 0 Å². The molecule has 10 rings (SSSR count). The molecule has 0 saturated heterocycles. The first-order chi connectivity index (χ1) is 28.7. The van der Waals surface area contributed by atoms with Crippen LogP contribution in [0.1, 0.15) is 31.2 Å². The molecule has 2 atom stereocenters. The van der Waals surface area contributed by atoms with Crippen LogP contribution in [0.25, 0.3) is 72.8 Å². The fraction of sp³-hybridized carbons (Fsp3) is 0.130. The van der Waals surface area contributed by atoms with E-state index in [2.05, 4.69) is 121 Å². The van der Waals surface area contributed by atoms with E-state index < -0.39 is 0 Å². The second kappa shape index (κ2) is 15.6. The van der Waals surface area contributed by atoms with E-state index in [0.717, 1.165) is 52.0 Å². The lowest BCUT2D eigenvalue weighted by Gasteiger charge is -2.29. The number of ether oxygens (including phenoxy) is 1. The molecular formula is C54H43N3O. The Balaban J connectivity index is 0.972. The molecule has 0 bridgehead atoms. The molecule has 4 heteroatoms. The Kier molecular flexibility index (Phi) is 9.52. The normalized spacial score (nSPS) is 17.5. The molecule has 4 nitrogen and oxygen atoms in total. The van der Waals surface area contributed by atoms with Crippen LogP contribution in [0.4, 0.5) is 0 Å². The molecule has 0 radical (unpaired) electrons. The Morgan fingerprint density at radius 3 is 1.91 bits per heavy atom. The molecule has 7 aromatic rings. The predicted molar refractivity (Wildman–Crippen MR) is 238 cm³/mol. The number of benzene rings is 6. The van der Waals surface area contributed by atoms with E-state index in [1.165, 1.54) is 51.5 Å². The molecule has 3 aliphatic carbocycles. The van der Waals surface area contributed by atoms with E-state index in [9.17, 15) is 0 Å². The summed E-state index contributed by atoms with van der Waals surface area (Å²) < 4.78 is 6.17. The zero-order chi connectivity index (χ0) is 38.8. The van der Waals surface area contributed by atoms with E-state index >= 15 is 0 Å². The van der Waals surface area contributed by atoms with Crippen molar-refractivity contribution in [1.29, 1.82) is 0 Å². The van der Waals surface area contributed by atoms with Gasteiger partial charge in [0.1, 0.15) is 5.76 Å². The van der Waals surface area contributed by atoms with Gasteiger partial charge in [-0.15, -0.1) is 0 Å². The van der Waals surface area contributed by atoms with Gasteiger partial charge in [-0.1, -0.05) is 164 Å². The molecule has 0 aliphatic heterocycles. The second-order valence-corrected chi connectivity index (χ2v) is 15.4. The summed E-state index contributed by atoms with van der Waals surface area (Å²) in [7, 11) is 1.82. The van der Waals surface area contributed by atoms with Gasteiger partial charge in [-0.3, -0.25) is 0 Å². The topological polar surface area (TPSA) is 47.9 Å². The summed E-state index contributed by atoms with van der Waals surface area (Å²) in [6, 6.07) is 51.0. The van der Waals surface area contributed by atoms with Gasteiger partial charge in [-0.25, -0.2) is 15.0 Å². The molecule has 3 aliphatic rings. The van der Waals surface area contributed by atoms with Crippen molar-refractivity contribution in [2.45, 2.75) is 25.7 Å². The van der Waals surface area contributed by atoms with Crippen LogP contribution in [0, 0.1) is 11.8 Å². The van der Waals surface area contributed by atoms with Gasteiger partial charge in [-0.05, 0) is 93.1 Å². The number of nitrogens with zero attached hydrogens (tertiary/aromatic N) is 3. The number of aromatic nitrogens is 3. The Labute approximate surface area is 340 Å². The molecule has 0 N–H and O–H groups in total. The van der Waals surface area contributed by atoms with Crippen LogP contribution >= 0.6 is 0 Å². The van der Waals surface area contributed by atoms with Crippen molar-refractivity contribution in [1.82, 2.24) is 15.0 Å². The Morgan fingerprint density at radius 2 is 1.19 bits per heavy atom. The van der Waals surface area contributed by atoms with Gasteiger partial charge in [0.2, 0.25) is 0 Å². The summed E-state index contributed by atoms with van der Waals surface area (Å²) in [6.45, 7) is 0. The minimum Gasteiger partial charge on any atom is -0.500 e. The monoisotopic (exact) mass is 749 g/mol. The lowest BCUT2D eigenvalue weighted by Crippen LogP contribution is -2.14. The number of hydrogen-bond acceptors (Lipinski definition) is 4. The van der Waals surface area contributed by atoms with E-state index in [-0.39, 0.29) is 0 Å². The predicted octanol–water partition coefficient (Wildman–Crippen LogP) is 13.5. The van der Waals surface area contributed by atoms with E-state index in [1.54, 1.807) is 0 Å². The van der Waals surface area contributed by atoms with Crippen molar-refractivity contribution in [3.05, 3.63) is 205 Å². The quantitative estimate of drug-likeness (QED) is 0.155. The van der Waals surface area contributed by atoms with Gasteiger partial charge in [0, 0.05) is 34.6 Å². The zero-order valence-electron chi connectivity index (χ0n) is 32.6. The van der Waals surface area contributed by atoms with Crippen LogP contribution < -0.4 is 0 Å².